The molecule has 3 rings (SSSR count). The van der Waals surface area contributed by atoms with Crippen molar-refractivity contribution in [3.63, 3.8) is 0 Å². The zero-order chi connectivity index (χ0) is 19.2. The molecule has 0 amide bonds. The normalized spacial score (nSPS) is 12.7. The van der Waals surface area contributed by atoms with Crippen LogP contribution in [0.15, 0.2) is 36.4 Å². The summed E-state index contributed by atoms with van der Waals surface area (Å²) in [5.41, 5.74) is 0.596. The summed E-state index contributed by atoms with van der Waals surface area (Å²) in [6, 6.07) is 9.60. The number of carbonyl (C=O) groups excluding carboxylic acids is 2. The Bertz CT molecular complexity index is 844. The number of hydrogen-bond donors (Lipinski definition) is 0. The molecule has 7 nitrogen and oxygen atoms in total. The maximum atomic E-state index is 12.4. The highest BCUT2D eigenvalue weighted by Gasteiger charge is 2.18. The fraction of sp³-hybridized carbons (Fsp3) is 0.300. The zero-order valence-corrected chi connectivity index (χ0v) is 15.2. The number of benzene rings is 2. The first kappa shape index (κ1) is 18.6. The van der Waals surface area contributed by atoms with Crippen molar-refractivity contribution in [1.29, 1.82) is 0 Å². The SMILES string of the molecule is COc1ccc(C(=O)COC(=O)c2ccc3c(c2)OCCCO3)c(OC)c1. The van der Waals surface area contributed by atoms with E-state index in [0.29, 0.717) is 41.8 Å². The van der Waals surface area contributed by atoms with Crippen LogP contribution >= 0.6 is 0 Å². The van der Waals surface area contributed by atoms with Gasteiger partial charge in [0.1, 0.15) is 11.5 Å². The van der Waals surface area contributed by atoms with E-state index in [9.17, 15) is 9.59 Å². The molecule has 0 atom stereocenters. The molecule has 0 radical (unpaired) electrons. The van der Waals surface area contributed by atoms with Crippen molar-refractivity contribution in [3.05, 3.63) is 47.5 Å². The smallest absolute Gasteiger partial charge is 0.338 e. The first-order valence-corrected chi connectivity index (χ1v) is 8.44. The Morgan fingerprint density at radius 3 is 2.48 bits per heavy atom. The summed E-state index contributed by atoms with van der Waals surface area (Å²) in [7, 11) is 2.97. The van der Waals surface area contributed by atoms with Gasteiger partial charge in [-0.05, 0) is 30.3 Å². The van der Waals surface area contributed by atoms with Crippen LogP contribution in [0.1, 0.15) is 27.1 Å². The van der Waals surface area contributed by atoms with Crippen molar-refractivity contribution in [3.8, 4) is 23.0 Å². The van der Waals surface area contributed by atoms with E-state index in [2.05, 4.69) is 0 Å². The van der Waals surface area contributed by atoms with Crippen LogP contribution in [0.3, 0.4) is 0 Å². The Morgan fingerprint density at radius 1 is 0.963 bits per heavy atom. The lowest BCUT2D eigenvalue weighted by Crippen LogP contribution is -2.15. The summed E-state index contributed by atoms with van der Waals surface area (Å²) >= 11 is 0. The van der Waals surface area contributed by atoms with Crippen molar-refractivity contribution in [2.45, 2.75) is 6.42 Å². The summed E-state index contributed by atoms with van der Waals surface area (Å²) in [4.78, 5) is 24.7. The van der Waals surface area contributed by atoms with Crippen molar-refractivity contribution in [2.24, 2.45) is 0 Å². The highest BCUT2D eigenvalue weighted by atomic mass is 16.5. The third kappa shape index (κ3) is 4.31. The van der Waals surface area contributed by atoms with Gasteiger partial charge in [-0.2, -0.15) is 0 Å². The van der Waals surface area contributed by atoms with Crippen LogP contribution in [0.25, 0.3) is 0 Å². The Labute approximate surface area is 156 Å². The van der Waals surface area contributed by atoms with Gasteiger partial charge in [0.25, 0.3) is 0 Å². The van der Waals surface area contributed by atoms with E-state index in [1.54, 1.807) is 36.4 Å². The van der Waals surface area contributed by atoms with Crippen molar-refractivity contribution in [2.75, 3.05) is 34.0 Å². The lowest BCUT2D eigenvalue weighted by Gasteiger charge is -2.11. The van der Waals surface area contributed by atoms with Crippen molar-refractivity contribution >= 4 is 11.8 Å². The molecule has 1 aliphatic heterocycles. The standard InChI is InChI=1S/C20H20O7/c1-23-14-5-6-15(18(11-14)24-2)16(21)12-27-20(22)13-4-7-17-19(10-13)26-9-3-8-25-17/h4-7,10-11H,3,8-9,12H2,1-2H3. The highest BCUT2D eigenvalue weighted by molar-refractivity contribution is 6.01. The summed E-state index contributed by atoms with van der Waals surface area (Å²) in [5.74, 6) is 0.996. The molecule has 0 spiro atoms. The zero-order valence-electron chi connectivity index (χ0n) is 15.2. The Hall–Kier alpha value is -3.22. The van der Waals surface area contributed by atoms with Gasteiger partial charge in [0.15, 0.2) is 18.1 Å². The van der Waals surface area contributed by atoms with Gasteiger partial charge < -0.3 is 23.7 Å². The molecule has 142 valence electrons. The van der Waals surface area contributed by atoms with E-state index in [-0.39, 0.29) is 11.3 Å². The Morgan fingerprint density at radius 2 is 1.74 bits per heavy atom. The predicted molar refractivity (Wildman–Crippen MR) is 96.2 cm³/mol. The number of ether oxygens (including phenoxy) is 5. The minimum atomic E-state index is -0.619. The van der Waals surface area contributed by atoms with Crippen LogP contribution in [-0.2, 0) is 4.74 Å². The molecular formula is C20H20O7. The molecule has 1 aliphatic rings. The number of esters is 1. The largest absolute Gasteiger partial charge is 0.497 e. The molecule has 0 aliphatic carbocycles. The molecule has 1 heterocycles. The fourth-order valence-electron chi connectivity index (χ4n) is 2.61. The number of ketones is 1. The molecule has 7 heteroatoms. The Kier molecular flexibility index (Phi) is 5.80. The second-order valence-corrected chi connectivity index (χ2v) is 5.78. The van der Waals surface area contributed by atoms with E-state index in [1.165, 1.54) is 14.2 Å². The van der Waals surface area contributed by atoms with E-state index in [4.69, 9.17) is 23.7 Å². The van der Waals surface area contributed by atoms with E-state index >= 15 is 0 Å². The first-order valence-electron chi connectivity index (χ1n) is 8.44. The lowest BCUT2D eigenvalue weighted by atomic mass is 10.1. The Balaban J connectivity index is 1.67. The molecule has 0 bridgehead atoms. The van der Waals surface area contributed by atoms with Crippen molar-refractivity contribution < 1.29 is 33.3 Å². The molecule has 0 N–H and O–H groups in total. The second-order valence-electron chi connectivity index (χ2n) is 5.78. The van der Waals surface area contributed by atoms with Crippen LogP contribution in [-0.4, -0.2) is 45.8 Å². The van der Waals surface area contributed by atoms with Gasteiger partial charge >= 0.3 is 5.97 Å². The monoisotopic (exact) mass is 372 g/mol. The number of rotatable bonds is 6. The molecule has 2 aromatic carbocycles. The van der Waals surface area contributed by atoms with Gasteiger partial charge in [-0.1, -0.05) is 0 Å². The molecule has 0 aromatic heterocycles. The summed E-state index contributed by atoms with van der Waals surface area (Å²) in [5, 5.41) is 0. The highest BCUT2D eigenvalue weighted by Crippen LogP contribution is 2.30. The van der Waals surface area contributed by atoms with Gasteiger partial charge in [0.2, 0.25) is 5.78 Å². The number of hydrogen-bond acceptors (Lipinski definition) is 7. The second kappa shape index (κ2) is 8.44. The third-order valence-electron chi connectivity index (χ3n) is 4.03. The van der Waals surface area contributed by atoms with Crippen LogP contribution in [0.4, 0.5) is 0 Å². The molecule has 0 fully saturated rings. The average Bonchev–Trinajstić information content (AvgIpc) is 2.95. The number of carbonyl (C=O) groups is 2. The maximum Gasteiger partial charge on any atom is 0.338 e. The van der Waals surface area contributed by atoms with Crippen LogP contribution < -0.4 is 18.9 Å². The van der Waals surface area contributed by atoms with Gasteiger partial charge in [-0.3, -0.25) is 4.79 Å². The molecule has 0 unspecified atom stereocenters. The van der Waals surface area contributed by atoms with E-state index in [0.717, 1.165) is 6.42 Å². The van der Waals surface area contributed by atoms with Gasteiger partial charge in [0, 0.05) is 12.5 Å². The number of fused-ring (bicyclic) bond motifs is 1. The summed E-state index contributed by atoms with van der Waals surface area (Å²) < 4.78 is 26.5. The average molecular weight is 372 g/mol. The summed E-state index contributed by atoms with van der Waals surface area (Å²) in [6.07, 6.45) is 0.770. The fourth-order valence-corrected chi connectivity index (χ4v) is 2.61. The topological polar surface area (TPSA) is 80.3 Å². The van der Waals surface area contributed by atoms with Crippen molar-refractivity contribution in [1.82, 2.24) is 0 Å². The first-order chi connectivity index (χ1) is 13.1. The predicted octanol–water partition coefficient (Wildman–Crippen LogP) is 2.90. The minimum absolute atomic E-state index is 0.286. The van der Waals surface area contributed by atoms with Gasteiger partial charge in [0.05, 0.1) is 38.6 Å². The number of Topliss-reactive ketones (excluding diaryl/α,β-unsaturated/α-hetero) is 1. The van der Waals surface area contributed by atoms with Crippen LogP contribution in [0.2, 0.25) is 0 Å². The number of methoxy groups -OCH3 is 2. The molecule has 27 heavy (non-hydrogen) atoms. The summed E-state index contributed by atoms with van der Waals surface area (Å²) in [6.45, 7) is 0.673. The van der Waals surface area contributed by atoms with E-state index in [1.807, 2.05) is 0 Å². The molecule has 2 aromatic rings. The van der Waals surface area contributed by atoms with Gasteiger partial charge in [-0.25, -0.2) is 4.79 Å². The third-order valence-corrected chi connectivity index (χ3v) is 4.03. The van der Waals surface area contributed by atoms with Gasteiger partial charge in [-0.15, -0.1) is 0 Å². The van der Waals surface area contributed by atoms with Crippen LogP contribution in [0, 0.1) is 0 Å². The lowest BCUT2D eigenvalue weighted by molar-refractivity contribution is 0.0473. The van der Waals surface area contributed by atoms with Crippen LogP contribution in [0.5, 0.6) is 23.0 Å². The maximum absolute atomic E-state index is 12.4. The molecular weight excluding hydrogens is 352 g/mol. The minimum Gasteiger partial charge on any atom is -0.497 e. The molecule has 0 saturated carbocycles. The molecule has 0 saturated heterocycles. The van der Waals surface area contributed by atoms with E-state index < -0.39 is 12.6 Å². The quantitative estimate of drug-likeness (QED) is 0.570.